The van der Waals surface area contributed by atoms with Gasteiger partial charge in [-0.25, -0.2) is 4.68 Å². The number of carbonyl (C=O) groups is 2. The van der Waals surface area contributed by atoms with E-state index >= 15 is 0 Å². The fourth-order valence-electron chi connectivity index (χ4n) is 5.31. The number of benzene rings is 3. The third-order valence-corrected chi connectivity index (χ3v) is 7.50. The Kier molecular flexibility index (Phi) is 8.28. The van der Waals surface area contributed by atoms with Crippen LogP contribution < -0.4 is 14.8 Å². The lowest BCUT2D eigenvalue weighted by Gasteiger charge is -2.33. The van der Waals surface area contributed by atoms with Gasteiger partial charge in [0, 0.05) is 24.2 Å². The van der Waals surface area contributed by atoms with Gasteiger partial charge >= 0.3 is 0 Å². The van der Waals surface area contributed by atoms with Gasteiger partial charge in [0.25, 0.3) is 0 Å². The minimum atomic E-state index is -0.940. The van der Waals surface area contributed by atoms with Crippen molar-refractivity contribution in [3.63, 3.8) is 0 Å². The summed E-state index contributed by atoms with van der Waals surface area (Å²) in [5.41, 5.74) is 4.06. The molecule has 0 radical (unpaired) electrons. The summed E-state index contributed by atoms with van der Waals surface area (Å²) < 4.78 is 12.7. The Hall–Kier alpha value is -4.40. The molecule has 0 saturated heterocycles. The summed E-state index contributed by atoms with van der Waals surface area (Å²) in [6.45, 7) is 2.17. The lowest BCUT2D eigenvalue weighted by atomic mass is 10.0. The minimum Gasteiger partial charge on any atom is -0.497 e. The summed E-state index contributed by atoms with van der Waals surface area (Å²) in [5.74, 6) is 0.569. The molecule has 0 bridgehead atoms. The van der Waals surface area contributed by atoms with E-state index in [-0.39, 0.29) is 30.9 Å². The highest BCUT2D eigenvalue weighted by Crippen LogP contribution is 2.35. The van der Waals surface area contributed by atoms with Crippen LogP contribution in [-0.4, -0.2) is 52.0 Å². The molecule has 40 heavy (non-hydrogen) atoms. The van der Waals surface area contributed by atoms with Gasteiger partial charge in [0.2, 0.25) is 11.8 Å². The van der Waals surface area contributed by atoms with Crippen LogP contribution in [0.15, 0.2) is 66.7 Å². The Bertz CT molecular complexity index is 1480. The van der Waals surface area contributed by atoms with Crippen molar-refractivity contribution in [2.75, 3.05) is 14.2 Å². The predicted octanol–water partition coefficient (Wildman–Crippen LogP) is 4.59. The van der Waals surface area contributed by atoms with E-state index in [1.807, 2.05) is 55.5 Å². The van der Waals surface area contributed by atoms with Gasteiger partial charge in [0.15, 0.2) is 0 Å². The standard InChI is InChI=1S/C31H35N5O4/c1-21-12-14-22(15-13-21)19-35(29(37)20-36-27-11-7-6-10-26(27)33-34-36)30(31(38)32-23-8-4-5-9-23)25-17-16-24(39-2)18-28(25)40-3/h6-7,10-18,23,30H,4-5,8-9,19-20H2,1-3H3,(H,32,38)/t30-/m0/s1. The number of carbonyl (C=O) groups excluding carboxylic acids is 2. The van der Waals surface area contributed by atoms with E-state index in [0.717, 1.165) is 42.3 Å². The molecular weight excluding hydrogens is 506 g/mol. The number of hydrogen-bond acceptors (Lipinski definition) is 6. The second-order valence-corrected chi connectivity index (χ2v) is 10.2. The number of nitrogens with one attached hydrogen (secondary N) is 1. The topological polar surface area (TPSA) is 98.6 Å². The average Bonchev–Trinajstić information content (AvgIpc) is 3.64. The van der Waals surface area contributed by atoms with Gasteiger partial charge in [0.05, 0.1) is 19.7 Å². The molecule has 9 heteroatoms. The van der Waals surface area contributed by atoms with Crippen LogP contribution in [0.5, 0.6) is 11.5 Å². The number of fused-ring (bicyclic) bond motifs is 1. The summed E-state index contributed by atoms with van der Waals surface area (Å²) in [7, 11) is 3.13. The Balaban J connectivity index is 1.57. The Morgan fingerprint density at radius 2 is 1.77 bits per heavy atom. The number of hydrogen-bond donors (Lipinski definition) is 1. The van der Waals surface area contributed by atoms with Crippen molar-refractivity contribution < 1.29 is 19.1 Å². The highest BCUT2D eigenvalue weighted by atomic mass is 16.5. The fourth-order valence-corrected chi connectivity index (χ4v) is 5.31. The SMILES string of the molecule is COc1ccc([C@@H](C(=O)NC2CCCC2)N(Cc2ccc(C)cc2)C(=O)Cn2nnc3ccccc32)c(OC)c1. The zero-order valence-electron chi connectivity index (χ0n) is 23.2. The van der Waals surface area contributed by atoms with Crippen LogP contribution in [0.4, 0.5) is 0 Å². The van der Waals surface area contributed by atoms with Gasteiger partial charge < -0.3 is 19.7 Å². The number of nitrogens with zero attached hydrogens (tertiary/aromatic N) is 4. The van der Waals surface area contributed by atoms with Gasteiger partial charge in [-0.2, -0.15) is 0 Å². The van der Waals surface area contributed by atoms with E-state index < -0.39 is 6.04 Å². The maximum absolute atomic E-state index is 14.2. The van der Waals surface area contributed by atoms with Gasteiger partial charge in [-0.15, -0.1) is 5.10 Å². The minimum absolute atomic E-state index is 0.0714. The second-order valence-electron chi connectivity index (χ2n) is 10.2. The van der Waals surface area contributed by atoms with Crippen molar-refractivity contribution in [2.45, 2.75) is 57.8 Å². The summed E-state index contributed by atoms with van der Waals surface area (Å²) in [5, 5.41) is 11.7. The number of para-hydroxylation sites is 1. The zero-order chi connectivity index (χ0) is 28.1. The van der Waals surface area contributed by atoms with Crippen LogP contribution in [0.2, 0.25) is 0 Å². The Morgan fingerprint density at radius 3 is 2.50 bits per heavy atom. The fraction of sp³-hybridized carbons (Fsp3) is 0.355. The van der Waals surface area contributed by atoms with Crippen LogP contribution in [-0.2, 0) is 22.7 Å². The van der Waals surface area contributed by atoms with E-state index in [0.29, 0.717) is 22.6 Å². The van der Waals surface area contributed by atoms with E-state index in [2.05, 4.69) is 15.6 Å². The number of ether oxygens (including phenoxy) is 2. The first-order valence-electron chi connectivity index (χ1n) is 13.6. The molecule has 1 aromatic heterocycles. The lowest BCUT2D eigenvalue weighted by molar-refractivity contribution is -0.142. The summed E-state index contributed by atoms with van der Waals surface area (Å²) in [6, 6.07) is 19.9. The number of methoxy groups -OCH3 is 2. The summed E-state index contributed by atoms with van der Waals surface area (Å²) in [4.78, 5) is 29.9. The van der Waals surface area contributed by atoms with E-state index in [1.54, 1.807) is 42.0 Å². The number of rotatable bonds is 10. The van der Waals surface area contributed by atoms with Crippen molar-refractivity contribution in [3.8, 4) is 11.5 Å². The molecule has 1 N–H and O–H groups in total. The van der Waals surface area contributed by atoms with Gasteiger partial charge in [-0.3, -0.25) is 9.59 Å². The van der Waals surface area contributed by atoms with Crippen molar-refractivity contribution in [1.29, 1.82) is 0 Å². The van der Waals surface area contributed by atoms with Crippen LogP contribution in [0, 0.1) is 6.92 Å². The predicted molar refractivity (Wildman–Crippen MR) is 152 cm³/mol. The first-order valence-corrected chi connectivity index (χ1v) is 13.6. The van der Waals surface area contributed by atoms with Crippen LogP contribution in [0.25, 0.3) is 11.0 Å². The molecule has 1 aliphatic carbocycles. The third-order valence-electron chi connectivity index (χ3n) is 7.50. The van der Waals surface area contributed by atoms with Crippen LogP contribution >= 0.6 is 0 Å². The first-order chi connectivity index (χ1) is 19.5. The van der Waals surface area contributed by atoms with E-state index in [4.69, 9.17) is 9.47 Å². The third kappa shape index (κ3) is 5.93. The van der Waals surface area contributed by atoms with Crippen molar-refractivity contribution in [1.82, 2.24) is 25.2 Å². The maximum atomic E-state index is 14.2. The highest BCUT2D eigenvalue weighted by molar-refractivity contribution is 5.90. The molecule has 5 rings (SSSR count). The number of amides is 2. The van der Waals surface area contributed by atoms with E-state index in [9.17, 15) is 9.59 Å². The molecule has 1 fully saturated rings. The van der Waals surface area contributed by atoms with Crippen LogP contribution in [0.3, 0.4) is 0 Å². The molecule has 3 aromatic carbocycles. The van der Waals surface area contributed by atoms with Crippen molar-refractivity contribution in [2.24, 2.45) is 0 Å². The summed E-state index contributed by atoms with van der Waals surface area (Å²) >= 11 is 0. The molecule has 1 atom stereocenters. The highest BCUT2D eigenvalue weighted by Gasteiger charge is 2.35. The Morgan fingerprint density at radius 1 is 1.02 bits per heavy atom. The normalized spacial score (nSPS) is 14.2. The van der Waals surface area contributed by atoms with Gasteiger partial charge in [0.1, 0.15) is 29.6 Å². The zero-order valence-corrected chi connectivity index (χ0v) is 23.2. The molecule has 0 spiro atoms. The molecule has 4 aromatic rings. The first kappa shape index (κ1) is 27.2. The van der Waals surface area contributed by atoms with Gasteiger partial charge in [-0.05, 0) is 49.6 Å². The monoisotopic (exact) mass is 541 g/mol. The molecule has 1 aliphatic rings. The molecule has 0 aliphatic heterocycles. The molecule has 208 valence electrons. The van der Waals surface area contributed by atoms with Gasteiger partial charge in [-0.1, -0.05) is 60.0 Å². The quantitative estimate of drug-likeness (QED) is 0.316. The van der Waals surface area contributed by atoms with Crippen molar-refractivity contribution in [3.05, 3.63) is 83.4 Å². The largest absolute Gasteiger partial charge is 0.497 e. The smallest absolute Gasteiger partial charge is 0.247 e. The summed E-state index contributed by atoms with van der Waals surface area (Å²) in [6.07, 6.45) is 4.00. The molecule has 1 saturated carbocycles. The molecule has 9 nitrogen and oxygen atoms in total. The lowest BCUT2D eigenvalue weighted by Crippen LogP contribution is -2.46. The Labute approximate surface area is 234 Å². The molecular formula is C31H35N5O4. The maximum Gasteiger partial charge on any atom is 0.247 e. The molecule has 1 heterocycles. The number of aromatic nitrogens is 3. The molecule has 2 amide bonds. The van der Waals surface area contributed by atoms with Crippen LogP contribution in [0.1, 0.15) is 48.4 Å². The average molecular weight is 542 g/mol. The van der Waals surface area contributed by atoms with E-state index in [1.165, 1.54) is 0 Å². The second kappa shape index (κ2) is 12.2. The molecule has 0 unspecified atom stereocenters. The number of aryl methyl sites for hydroxylation is 1. The van der Waals surface area contributed by atoms with Crippen molar-refractivity contribution >= 4 is 22.8 Å².